The number of oxazole rings is 1. The first-order valence-corrected chi connectivity index (χ1v) is 5.34. The van der Waals surface area contributed by atoms with Crippen molar-refractivity contribution in [3.63, 3.8) is 0 Å². The summed E-state index contributed by atoms with van der Waals surface area (Å²) in [4.78, 5) is 14.4. The number of anilines is 1. The first-order chi connectivity index (χ1) is 8.47. The minimum Gasteiger partial charge on any atom is -0.444 e. The van der Waals surface area contributed by atoms with Gasteiger partial charge in [-0.2, -0.15) is 0 Å². The third kappa shape index (κ3) is 2.31. The van der Waals surface area contributed by atoms with Crippen molar-refractivity contribution in [2.45, 2.75) is 19.9 Å². The summed E-state index contributed by atoms with van der Waals surface area (Å²) in [6, 6.07) is -0.299. The van der Waals surface area contributed by atoms with E-state index >= 15 is 0 Å². The highest BCUT2D eigenvalue weighted by Crippen LogP contribution is 2.25. The molecule has 96 valence electrons. The fourth-order valence-electron chi connectivity index (χ4n) is 1.55. The van der Waals surface area contributed by atoms with Crippen LogP contribution in [0.1, 0.15) is 24.6 Å². The van der Waals surface area contributed by atoms with Gasteiger partial charge in [-0.05, 0) is 13.8 Å². The third-order valence-electron chi connectivity index (χ3n) is 2.37. The molecule has 18 heavy (non-hydrogen) atoms. The van der Waals surface area contributed by atoms with Crippen molar-refractivity contribution in [2.75, 3.05) is 5.32 Å². The second-order valence-corrected chi connectivity index (χ2v) is 3.97. The summed E-state index contributed by atoms with van der Waals surface area (Å²) in [7, 11) is 1.62. The van der Waals surface area contributed by atoms with Crippen molar-refractivity contribution < 1.29 is 9.34 Å². The lowest BCUT2D eigenvalue weighted by atomic mass is 10.3. The van der Waals surface area contributed by atoms with Gasteiger partial charge in [0, 0.05) is 7.05 Å². The van der Waals surface area contributed by atoms with Crippen LogP contribution >= 0.6 is 0 Å². The molecule has 0 fully saturated rings. The Bertz CT molecular complexity index is 574. The van der Waals surface area contributed by atoms with E-state index in [1.54, 1.807) is 27.1 Å². The highest BCUT2D eigenvalue weighted by Gasteiger charge is 2.21. The molecule has 8 nitrogen and oxygen atoms in total. The Labute approximate surface area is 103 Å². The highest BCUT2D eigenvalue weighted by atomic mass is 16.6. The molecular formula is C10H13N5O3. The average molecular weight is 251 g/mol. The molecule has 2 rings (SSSR count). The number of nitrogens with zero attached hydrogens (tertiary/aromatic N) is 4. The Balaban J connectivity index is 2.21. The van der Waals surface area contributed by atoms with Crippen LogP contribution in [-0.2, 0) is 7.05 Å². The molecule has 0 saturated heterocycles. The van der Waals surface area contributed by atoms with E-state index in [9.17, 15) is 10.1 Å². The molecule has 0 saturated carbocycles. The van der Waals surface area contributed by atoms with E-state index in [1.165, 1.54) is 10.9 Å². The van der Waals surface area contributed by atoms with Gasteiger partial charge in [-0.3, -0.25) is 14.8 Å². The molecule has 0 aliphatic heterocycles. The van der Waals surface area contributed by atoms with Crippen LogP contribution in [0, 0.1) is 17.0 Å². The largest absolute Gasteiger partial charge is 0.444 e. The zero-order valence-electron chi connectivity index (χ0n) is 10.2. The van der Waals surface area contributed by atoms with Gasteiger partial charge in [0.1, 0.15) is 18.0 Å². The quantitative estimate of drug-likeness (QED) is 0.657. The number of aromatic nitrogens is 3. The molecule has 1 unspecified atom stereocenters. The number of hydrogen-bond donors (Lipinski definition) is 1. The predicted octanol–water partition coefficient (Wildman–Crippen LogP) is 1.80. The van der Waals surface area contributed by atoms with Crippen LogP contribution in [-0.4, -0.2) is 19.7 Å². The Morgan fingerprint density at radius 1 is 1.61 bits per heavy atom. The molecule has 0 aliphatic rings. The van der Waals surface area contributed by atoms with Gasteiger partial charge >= 0.3 is 5.69 Å². The lowest BCUT2D eigenvalue weighted by Gasteiger charge is -2.08. The standard InChI is InChI=1S/C10H13N5O3/c1-6-4-11-10(18-6)7(2)12-9-8(15(16)17)5-14(3)13-9/h4-5,7H,1-3H3,(H,12,13). The second-order valence-electron chi connectivity index (χ2n) is 3.97. The summed E-state index contributed by atoms with van der Waals surface area (Å²) < 4.78 is 6.73. The van der Waals surface area contributed by atoms with Crippen LogP contribution in [0.2, 0.25) is 0 Å². The minimum atomic E-state index is -0.483. The Morgan fingerprint density at radius 3 is 2.89 bits per heavy atom. The van der Waals surface area contributed by atoms with Gasteiger partial charge in [0.25, 0.3) is 0 Å². The van der Waals surface area contributed by atoms with E-state index in [0.29, 0.717) is 11.7 Å². The molecule has 1 atom stereocenters. The molecule has 2 aromatic rings. The van der Waals surface area contributed by atoms with Gasteiger partial charge in [-0.25, -0.2) is 4.98 Å². The van der Waals surface area contributed by atoms with E-state index in [0.717, 1.165) is 0 Å². The van der Waals surface area contributed by atoms with Gasteiger partial charge in [-0.15, -0.1) is 5.10 Å². The maximum Gasteiger partial charge on any atom is 0.330 e. The Morgan fingerprint density at radius 2 is 2.33 bits per heavy atom. The summed E-state index contributed by atoms with van der Waals surface area (Å²) in [6.45, 7) is 3.58. The van der Waals surface area contributed by atoms with Gasteiger partial charge < -0.3 is 9.73 Å². The molecule has 0 spiro atoms. The number of nitro groups is 1. The van der Waals surface area contributed by atoms with Crippen LogP contribution in [0.15, 0.2) is 16.8 Å². The molecule has 2 aromatic heterocycles. The van der Waals surface area contributed by atoms with Crippen LogP contribution in [0.25, 0.3) is 0 Å². The first-order valence-electron chi connectivity index (χ1n) is 5.34. The van der Waals surface area contributed by atoms with E-state index in [2.05, 4.69) is 15.4 Å². The molecule has 8 heteroatoms. The van der Waals surface area contributed by atoms with Crippen LogP contribution in [0.3, 0.4) is 0 Å². The summed E-state index contributed by atoms with van der Waals surface area (Å²) in [5.74, 6) is 1.35. The number of nitrogens with one attached hydrogen (secondary N) is 1. The van der Waals surface area contributed by atoms with Crippen molar-refractivity contribution in [3.05, 3.63) is 34.2 Å². The lowest BCUT2D eigenvalue weighted by molar-refractivity contribution is -0.384. The van der Waals surface area contributed by atoms with Crippen LogP contribution in [0.4, 0.5) is 11.5 Å². The normalized spacial score (nSPS) is 12.4. The Hall–Kier alpha value is -2.38. The summed E-state index contributed by atoms with van der Waals surface area (Å²) in [5, 5.41) is 17.7. The number of hydrogen-bond acceptors (Lipinski definition) is 6. The molecular weight excluding hydrogens is 238 g/mol. The monoisotopic (exact) mass is 251 g/mol. The lowest BCUT2D eigenvalue weighted by Crippen LogP contribution is -2.09. The van der Waals surface area contributed by atoms with Crippen molar-refractivity contribution in [3.8, 4) is 0 Å². The highest BCUT2D eigenvalue weighted by molar-refractivity contribution is 5.55. The Kier molecular flexibility index (Phi) is 3.00. The van der Waals surface area contributed by atoms with Crippen LogP contribution < -0.4 is 5.32 Å². The van der Waals surface area contributed by atoms with Gasteiger partial charge in [-0.1, -0.05) is 0 Å². The van der Waals surface area contributed by atoms with E-state index < -0.39 is 4.92 Å². The fourth-order valence-corrected chi connectivity index (χ4v) is 1.55. The SMILES string of the molecule is Cc1cnc(C(C)Nc2nn(C)cc2[N+](=O)[O-])o1. The molecule has 0 aliphatic carbocycles. The van der Waals surface area contributed by atoms with Gasteiger partial charge in [0.15, 0.2) is 0 Å². The zero-order valence-corrected chi connectivity index (χ0v) is 10.2. The summed E-state index contributed by atoms with van der Waals surface area (Å²) in [5.41, 5.74) is -0.0763. The molecule has 0 radical (unpaired) electrons. The molecule has 0 aromatic carbocycles. The van der Waals surface area contributed by atoms with Gasteiger partial charge in [0.05, 0.1) is 11.1 Å². The molecule has 1 N–H and O–H groups in total. The molecule has 2 heterocycles. The van der Waals surface area contributed by atoms with E-state index in [-0.39, 0.29) is 17.5 Å². The fraction of sp³-hybridized carbons (Fsp3) is 0.400. The van der Waals surface area contributed by atoms with Crippen LogP contribution in [0.5, 0.6) is 0 Å². The first kappa shape index (κ1) is 12.1. The third-order valence-corrected chi connectivity index (χ3v) is 2.37. The van der Waals surface area contributed by atoms with Gasteiger partial charge in [0.2, 0.25) is 11.7 Å². The van der Waals surface area contributed by atoms with E-state index in [1.807, 2.05) is 0 Å². The molecule has 0 amide bonds. The number of aryl methyl sites for hydroxylation is 2. The smallest absolute Gasteiger partial charge is 0.330 e. The van der Waals surface area contributed by atoms with Crippen molar-refractivity contribution in [1.29, 1.82) is 0 Å². The number of rotatable bonds is 4. The van der Waals surface area contributed by atoms with E-state index in [4.69, 9.17) is 4.42 Å². The maximum atomic E-state index is 10.8. The van der Waals surface area contributed by atoms with Crippen molar-refractivity contribution in [1.82, 2.24) is 14.8 Å². The maximum absolute atomic E-state index is 10.8. The summed E-state index contributed by atoms with van der Waals surface area (Å²) in [6.07, 6.45) is 2.94. The second kappa shape index (κ2) is 4.47. The average Bonchev–Trinajstić information content (AvgIpc) is 2.85. The summed E-state index contributed by atoms with van der Waals surface area (Å²) >= 11 is 0. The zero-order chi connectivity index (χ0) is 13.3. The van der Waals surface area contributed by atoms with Crippen molar-refractivity contribution >= 4 is 11.5 Å². The topological polar surface area (TPSA) is 99.0 Å². The molecule has 0 bridgehead atoms. The minimum absolute atomic E-state index is 0.0763. The van der Waals surface area contributed by atoms with Crippen molar-refractivity contribution in [2.24, 2.45) is 7.05 Å². The predicted molar refractivity (Wildman–Crippen MR) is 63.1 cm³/mol.